The van der Waals surface area contributed by atoms with Gasteiger partial charge in [0, 0.05) is 5.41 Å². The Morgan fingerprint density at radius 2 is 1.96 bits per heavy atom. The third-order valence-electron chi connectivity index (χ3n) is 5.33. The summed E-state index contributed by atoms with van der Waals surface area (Å²) < 4.78 is 5.97. The Morgan fingerprint density at radius 3 is 2.56 bits per heavy atom. The lowest BCUT2D eigenvalue weighted by molar-refractivity contribution is -0.185. The van der Waals surface area contributed by atoms with Crippen LogP contribution in [-0.2, 0) is 14.3 Å². The molecule has 1 fully saturated rings. The molecule has 2 aliphatic heterocycles. The second kappa shape index (κ2) is 7.32. The molecule has 1 saturated heterocycles. The number of carboxylic acid groups (broad SMARTS) is 1. The summed E-state index contributed by atoms with van der Waals surface area (Å²) in [5.74, 6) is -2.14. The number of carboxylic acids is 1. The van der Waals surface area contributed by atoms with E-state index in [1.165, 1.54) is 4.90 Å². The summed E-state index contributed by atoms with van der Waals surface area (Å²) in [7, 11) is 0. The van der Waals surface area contributed by atoms with Crippen LogP contribution >= 0.6 is 0 Å². The average molecular weight is 374 g/mol. The highest BCUT2D eigenvalue weighted by Crippen LogP contribution is 2.50. The summed E-state index contributed by atoms with van der Waals surface area (Å²) in [6.07, 6.45) is 0.521. The Morgan fingerprint density at radius 1 is 1.30 bits per heavy atom. The summed E-state index contributed by atoms with van der Waals surface area (Å²) >= 11 is 0. The number of allylic oxidation sites excluding steroid dienone is 1. The minimum absolute atomic E-state index is 0.112. The number of ether oxygens (including phenoxy) is 1. The lowest BCUT2D eigenvalue weighted by atomic mass is 9.83. The number of aliphatic carboxylic acids is 1. The molecule has 0 saturated carbocycles. The number of amides is 1. The van der Waals surface area contributed by atoms with Crippen LogP contribution in [0.2, 0.25) is 0 Å². The number of hydrogen-bond acceptors (Lipinski definition) is 5. The van der Waals surface area contributed by atoms with Crippen molar-refractivity contribution in [1.29, 1.82) is 0 Å². The monoisotopic (exact) mass is 374 g/mol. The summed E-state index contributed by atoms with van der Waals surface area (Å²) in [6, 6.07) is 8.85. The number of nitrogens with two attached hydrogens (primary N) is 1. The molecular formula is C20H26N2O5. The van der Waals surface area contributed by atoms with Gasteiger partial charge in [-0.1, -0.05) is 50.6 Å². The average Bonchev–Trinajstić information content (AvgIpc) is 2.99. The number of rotatable bonds is 8. The fraction of sp³-hybridized carbons (Fsp3) is 0.500. The Labute approximate surface area is 158 Å². The minimum atomic E-state index is -1.19. The predicted molar refractivity (Wildman–Crippen MR) is 98.0 cm³/mol. The van der Waals surface area contributed by atoms with Gasteiger partial charge in [-0.2, -0.15) is 0 Å². The van der Waals surface area contributed by atoms with Gasteiger partial charge in [-0.25, -0.2) is 4.79 Å². The van der Waals surface area contributed by atoms with E-state index in [1.54, 1.807) is 24.3 Å². The summed E-state index contributed by atoms with van der Waals surface area (Å²) in [5.41, 5.74) is 5.49. The number of benzene rings is 1. The first-order valence-corrected chi connectivity index (χ1v) is 9.20. The molecule has 1 aromatic carbocycles. The number of aliphatic hydroxyl groups is 1. The van der Waals surface area contributed by atoms with Crippen LogP contribution in [0.3, 0.4) is 0 Å². The topological polar surface area (TPSA) is 113 Å². The standard InChI is InChI=1S/C20H26N2O5/c1-20(2,10-6-7-11-21)16-14(19(25)26)22-17(24)13(18(22)27-16)15(23)12-8-4-3-5-9-12/h3-5,8-9,13,15,18,23H,6-7,10-11,21H2,1-2H3,(H,25,26)/t13-,15+,18+/m0/s1. The minimum Gasteiger partial charge on any atom is -0.476 e. The number of carbonyl (C=O) groups is 2. The number of hydrogen-bond donors (Lipinski definition) is 3. The lowest BCUT2D eigenvalue weighted by Gasteiger charge is -2.43. The number of aliphatic hydroxyl groups excluding tert-OH is 1. The van der Waals surface area contributed by atoms with Gasteiger partial charge in [0.15, 0.2) is 11.9 Å². The van der Waals surface area contributed by atoms with Crippen molar-refractivity contribution in [1.82, 2.24) is 4.90 Å². The van der Waals surface area contributed by atoms with Crippen molar-refractivity contribution < 1.29 is 24.5 Å². The number of fused-ring (bicyclic) bond motifs is 1. The molecule has 7 nitrogen and oxygen atoms in total. The first kappa shape index (κ1) is 19.4. The van der Waals surface area contributed by atoms with Crippen LogP contribution in [0, 0.1) is 11.3 Å². The zero-order valence-electron chi connectivity index (χ0n) is 15.6. The SMILES string of the molecule is CC(C)(CCCCN)C1=C(C(=O)O)N2C(=O)[C@H]([C@H](O)c3ccccc3)[C@H]2O1. The molecule has 3 rings (SSSR count). The molecule has 0 bridgehead atoms. The molecule has 0 aromatic heterocycles. The van der Waals surface area contributed by atoms with Gasteiger partial charge in [-0.15, -0.1) is 0 Å². The molecule has 2 heterocycles. The second-order valence-corrected chi connectivity index (χ2v) is 7.71. The van der Waals surface area contributed by atoms with Crippen LogP contribution in [0.25, 0.3) is 0 Å². The van der Waals surface area contributed by atoms with E-state index < -0.39 is 35.5 Å². The van der Waals surface area contributed by atoms with Crippen LogP contribution in [0.15, 0.2) is 41.8 Å². The molecule has 1 amide bonds. The number of β-lactam (4-membered cyclic amide) rings is 1. The Bertz CT molecular complexity index is 759. The third-order valence-corrected chi connectivity index (χ3v) is 5.33. The van der Waals surface area contributed by atoms with Crippen LogP contribution in [-0.4, -0.2) is 39.8 Å². The smallest absolute Gasteiger partial charge is 0.356 e. The predicted octanol–water partition coefficient (Wildman–Crippen LogP) is 1.99. The maximum atomic E-state index is 12.7. The van der Waals surface area contributed by atoms with E-state index in [9.17, 15) is 19.8 Å². The molecule has 27 heavy (non-hydrogen) atoms. The lowest BCUT2D eigenvalue weighted by Crippen LogP contribution is -2.61. The van der Waals surface area contributed by atoms with Gasteiger partial charge in [0.05, 0.1) is 6.10 Å². The van der Waals surface area contributed by atoms with Gasteiger partial charge in [0.1, 0.15) is 11.7 Å². The van der Waals surface area contributed by atoms with Crippen LogP contribution in [0.4, 0.5) is 0 Å². The second-order valence-electron chi connectivity index (χ2n) is 7.71. The molecule has 1 aromatic rings. The van der Waals surface area contributed by atoms with Gasteiger partial charge >= 0.3 is 5.97 Å². The number of unbranched alkanes of at least 4 members (excludes halogenated alkanes) is 1. The zero-order chi connectivity index (χ0) is 19.8. The fourth-order valence-electron chi connectivity index (χ4n) is 3.79. The highest BCUT2D eigenvalue weighted by molar-refractivity contribution is 5.99. The van der Waals surface area contributed by atoms with Crippen molar-refractivity contribution >= 4 is 11.9 Å². The van der Waals surface area contributed by atoms with E-state index in [1.807, 2.05) is 19.9 Å². The van der Waals surface area contributed by atoms with Crippen molar-refractivity contribution in [2.45, 2.75) is 45.4 Å². The molecule has 0 unspecified atom stereocenters. The van der Waals surface area contributed by atoms with Crippen molar-refractivity contribution in [2.24, 2.45) is 17.1 Å². The first-order valence-electron chi connectivity index (χ1n) is 9.20. The van der Waals surface area contributed by atoms with E-state index in [4.69, 9.17) is 10.5 Å². The summed E-state index contributed by atoms with van der Waals surface area (Å²) in [6.45, 7) is 4.38. The molecule has 0 spiro atoms. The van der Waals surface area contributed by atoms with Crippen molar-refractivity contribution in [3.8, 4) is 0 Å². The number of carbonyl (C=O) groups excluding carboxylic acids is 1. The van der Waals surface area contributed by atoms with Crippen molar-refractivity contribution in [3.63, 3.8) is 0 Å². The molecule has 3 atom stereocenters. The zero-order valence-corrected chi connectivity index (χ0v) is 15.6. The van der Waals surface area contributed by atoms with Crippen LogP contribution in [0.1, 0.15) is 44.8 Å². The quantitative estimate of drug-likeness (QED) is 0.474. The van der Waals surface area contributed by atoms with E-state index in [-0.39, 0.29) is 5.70 Å². The van der Waals surface area contributed by atoms with Crippen molar-refractivity contribution in [3.05, 3.63) is 47.4 Å². The molecule has 2 aliphatic rings. The molecular weight excluding hydrogens is 348 g/mol. The van der Waals surface area contributed by atoms with Crippen LogP contribution < -0.4 is 5.73 Å². The van der Waals surface area contributed by atoms with E-state index in [0.717, 1.165) is 12.8 Å². The van der Waals surface area contributed by atoms with Gasteiger partial charge in [0.2, 0.25) is 5.91 Å². The fourth-order valence-corrected chi connectivity index (χ4v) is 3.79. The molecule has 7 heteroatoms. The van der Waals surface area contributed by atoms with Gasteiger partial charge < -0.3 is 20.7 Å². The maximum absolute atomic E-state index is 12.7. The Balaban J connectivity index is 1.85. The van der Waals surface area contributed by atoms with E-state index >= 15 is 0 Å². The highest BCUT2D eigenvalue weighted by Gasteiger charge is 2.61. The molecule has 0 aliphatic carbocycles. The van der Waals surface area contributed by atoms with Gasteiger partial charge in [-0.3, -0.25) is 9.69 Å². The van der Waals surface area contributed by atoms with Crippen molar-refractivity contribution in [2.75, 3.05) is 6.54 Å². The molecule has 4 N–H and O–H groups in total. The number of nitrogens with zero attached hydrogens (tertiary/aromatic N) is 1. The van der Waals surface area contributed by atoms with E-state index in [0.29, 0.717) is 24.3 Å². The summed E-state index contributed by atoms with van der Waals surface area (Å²) in [5, 5.41) is 20.3. The largest absolute Gasteiger partial charge is 0.476 e. The van der Waals surface area contributed by atoms with Crippen LogP contribution in [0.5, 0.6) is 0 Å². The third kappa shape index (κ3) is 3.33. The maximum Gasteiger partial charge on any atom is 0.356 e. The van der Waals surface area contributed by atoms with Gasteiger partial charge in [0.25, 0.3) is 0 Å². The van der Waals surface area contributed by atoms with E-state index in [2.05, 4.69) is 0 Å². The first-order chi connectivity index (χ1) is 12.8. The Hall–Kier alpha value is -2.38. The molecule has 0 radical (unpaired) electrons. The normalized spacial score (nSPS) is 23.0. The van der Waals surface area contributed by atoms with Gasteiger partial charge in [-0.05, 0) is 24.9 Å². The highest BCUT2D eigenvalue weighted by atomic mass is 16.5. The summed E-state index contributed by atoms with van der Waals surface area (Å²) in [4.78, 5) is 25.7. The Kier molecular flexibility index (Phi) is 5.26. The molecule has 146 valence electrons.